The molecule has 2 aromatic rings. The highest BCUT2D eigenvalue weighted by atomic mass is 32.1. The number of nitrogens with zero attached hydrogens (tertiary/aromatic N) is 1. The van der Waals surface area contributed by atoms with Crippen molar-refractivity contribution in [3.63, 3.8) is 0 Å². The molecule has 0 saturated carbocycles. The van der Waals surface area contributed by atoms with E-state index in [0.717, 1.165) is 10.9 Å². The van der Waals surface area contributed by atoms with Crippen LogP contribution in [0.15, 0.2) is 41.8 Å². The van der Waals surface area contributed by atoms with Crippen LogP contribution >= 0.6 is 11.3 Å². The number of amides is 2. The van der Waals surface area contributed by atoms with E-state index >= 15 is 0 Å². The van der Waals surface area contributed by atoms with Gasteiger partial charge in [0.15, 0.2) is 0 Å². The van der Waals surface area contributed by atoms with E-state index in [-0.39, 0.29) is 11.8 Å². The third-order valence-electron chi connectivity index (χ3n) is 2.79. The van der Waals surface area contributed by atoms with Crippen LogP contribution in [0, 0.1) is 0 Å². The summed E-state index contributed by atoms with van der Waals surface area (Å²) in [5.74, 6) is -0.462. The highest BCUT2D eigenvalue weighted by Crippen LogP contribution is 2.27. The van der Waals surface area contributed by atoms with E-state index in [9.17, 15) is 9.59 Å². The van der Waals surface area contributed by atoms with Crippen molar-refractivity contribution in [3.05, 3.63) is 47.4 Å². The monoisotopic (exact) mass is 243 g/mol. The summed E-state index contributed by atoms with van der Waals surface area (Å²) >= 11 is 1.63. The van der Waals surface area contributed by atoms with Crippen LogP contribution in [0.5, 0.6) is 0 Å². The van der Waals surface area contributed by atoms with Gasteiger partial charge in [0.25, 0.3) is 11.8 Å². The van der Waals surface area contributed by atoms with Crippen molar-refractivity contribution in [2.45, 2.75) is 6.54 Å². The smallest absolute Gasteiger partial charge is 0.253 e. The summed E-state index contributed by atoms with van der Waals surface area (Å²) in [5.41, 5.74) is 1.02. The third kappa shape index (κ3) is 1.66. The molecule has 2 amide bonds. The van der Waals surface area contributed by atoms with Crippen molar-refractivity contribution in [2.24, 2.45) is 0 Å². The average Bonchev–Trinajstić information content (AvgIpc) is 2.88. The Morgan fingerprint density at radius 3 is 2.53 bits per heavy atom. The highest BCUT2D eigenvalue weighted by molar-refractivity contribution is 7.17. The number of benzene rings is 1. The summed E-state index contributed by atoms with van der Waals surface area (Å²) in [4.78, 5) is 24.2. The topological polar surface area (TPSA) is 37.4 Å². The first-order valence-corrected chi connectivity index (χ1v) is 6.12. The van der Waals surface area contributed by atoms with Crippen molar-refractivity contribution in [1.29, 1.82) is 0 Å². The van der Waals surface area contributed by atoms with Crippen molar-refractivity contribution >= 4 is 33.2 Å². The number of rotatable bonds is 2. The zero-order chi connectivity index (χ0) is 11.8. The van der Waals surface area contributed by atoms with E-state index in [1.54, 1.807) is 11.3 Å². The van der Waals surface area contributed by atoms with Crippen LogP contribution in [0.3, 0.4) is 0 Å². The van der Waals surface area contributed by atoms with E-state index < -0.39 is 0 Å². The maximum absolute atomic E-state index is 11.5. The van der Waals surface area contributed by atoms with Crippen molar-refractivity contribution in [2.75, 3.05) is 0 Å². The molecule has 0 radical (unpaired) electrons. The first kappa shape index (κ1) is 10.2. The minimum absolute atomic E-state index is 0.231. The van der Waals surface area contributed by atoms with Gasteiger partial charge in [0.05, 0.1) is 6.54 Å². The second kappa shape index (κ2) is 3.82. The lowest BCUT2D eigenvalue weighted by Crippen LogP contribution is -2.29. The molecule has 0 spiro atoms. The van der Waals surface area contributed by atoms with Gasteiger partial charge in [-0.3, -0.25) is 14.5 Å². The Balaban J connectivity index is 1.96. The number of hydrogen-bond donors (Lipinski definition) is 0. The fraction of sp³-hybridized carbons (Fsp3) is 0.0769. The summed E-state index contributed by atoms with van der Waals surface area (Å²) in [6, 6.07) is 8.00. The van der Waals surface area contributed by atoms with Gasteiger partial charge in [0.2, 0.25) is 0 Å². The second-order valence-corrected chi connectivity index (χ2v) is 4.76. The van der Waals surface area contributed by atoms with Gasteiger partial charge in [-0.15, -0.1) is 11.3 Å². The average molecular weight is 243 g/mol. The van der Waals surface area contributed by atoms with Crippen LogP contribution in [-0.4, -0.2) is 16.7 Å². The molecule has 3 nitrogen and oxygen atoms in total. The van der Waals surface area contributed by atoms with Crippen LogP contribution in [0.25, 0.3) is 10.1 Å². The van der Waals surface area contributed by atoms with Gasteiger partial charge >= 0.3 is 0 Å². The summed E-state index contributed by atoms with van der Waals surface area (Å²) in [5, 5.41) is 3.12. The normalized spacial score (nSPS) is 15.2. The molecule has 0 bridgehead atoms. The molecule has 1 aromatic carbocycles. The van der Waals surface area contributed by atoms with E-state index in [2.05, 4.69) is 0 Å². The lowest BCUT2D eigenvalue weighted by atomic mass is 10.2. The summed E-state index contributed by atoms with van der Waals surface area (Å²) in [6.07, 6.45) is 2.63. The Labute approximate surface area is 102 Å². The molecule has 0 fully saturated rings. The van der Waals surface area contributed by atoms with Gasteiger partial charge in [-0.05, 0) is 22.4 Å². The van der Waals surface area contributed by atoms with Gasteiger partial charge in [0.1, 0.15) is 0 Å². The summed E-state index contributed by atoms with van der Waals surface area (Å²) < 4.78 is 1.18. The maximum Gasteiger partial charge on any atom is 0.253 e. The molecule has 0 atom stereocenters. The zero-order valence-electron chi connectivity index (χ0n) is 8.92. The molecule has 3 rings (SSSR count). The molecule has 0 unspecified atom stereocenters. The second-order valence-electron chi connectivity index (χ2n) is 3.85. The molecule has 1 aliphatic heterocycles. The minimum atomic E-state index is -0.231. The van der Waals surface area contributed by atoms with E-state index in [0.29, 0.717) is 6.54 Å². The van der Waals surface area contributed by atoms with Gasteiger partial charge < -0.3 is 0 Å². The van der Waals surface area contributed by atoms with Crippen LogP contribution in [0.4, 0.5) is 0 Å². The Morgan fingerprint density at radius 2 is 1.76 bits per heavy atom. The van der Waals surface area contributed by atoms with Crippen molar-refractivity contribution in [3.8, 4) is 0 Å². The van der Waals surface area contributed by atoms with Crippen LogP contribution in [-0.2, 0) is 16.1 Å². The zero-order valence-corrected chi connectivity index (χ0v) is 9.74. The molecule has 0 N–H and O–H groups in total. The Kier molecular flexibility index (Phi) is 2.30. The fourth-order valence-electron chi connectivity index (χ4n) is 1.91. The van der Waals surface area contributed by atoms with Gasteiger partial charge in [0, 0.05) is 16.9 Å². The van der Waals surface area contributed by atoms with Crippen molar-refractivity contribution in [1.82, 2.24) is 4.90 Å². The third-order valence-corrected chi connectivity index (χ3v) is 3.80. The number of carbonyl (C=O) groups is 2. The van der Waals surface area contributed by atoms with Crippen LogP contribution in [0.1, 0.15) is 5.56 Å². The molecule has 17 heavy (non-hydrogen) atoms. The molecule has 0 aliphatic carbocycles. The first-order valence-electron chi connectivity index (χ1n) is 5.24. The number of hydrogen-bond acceptors (Lipinski definition) is 3. The number of imide groups is 1. The summed E-state index contributed by atoms with van der Waals surface area (Å²) in [7, 11) is 0. The molecule has 1 aromatic heterocycles. The largest absolute Gasteiger partial charge is 0.271 e. The molecule has 4 heteroatoms. The van der Waals surface area contributed by atoms with Crippen LogP contribution < -0.4 is 0 Å². The summed E-state index contributed by atoms with van der Waals surface area (Å²) in [6.45, 7) is 0.356. The lowest BCUT2D eigenvalue weighted by molar-refractivity contribution is -0.137. The molecular weight excluding hydrogens is 234 g/mol. The lowest BCUT2D eigenvalue weighted by Gasteiger charge is -2.12. The Bertz CT molecular complexity index is 624. The first-order chi connectivity index (χ1) is 8.25. The quantitative estimate of drug-likeness (QED) is 0.759. The number of fused-ring (bicyclic) bond motifs is 1. The molecular formula is C13H9NO2S. The van der Waals surface area contributed by atoms with Crippen LogP contribution in [0.2, 0.25) is 0 Å². The van der Waals surface area contributed by atoms with Gasteiger partial charge in [-0.25, -0.2) is 0 Å². The Morgan fingerprint density at radius 1 is 1.06 bits per heavy atom. The van der Waals surface area contributed by atoms with Gasteiger partial charge in [-0.2, -0.15) is 0 Å². The molecule has 1 aliphatic rings. The van der Waals surface area contributed by atoms with E-state index in [4.69, 9.17) is 0 Å². The SMILES string of the molecule is O=C1C=CC(=O)N1Cc1csc2ccccc12. The fourth-order valence-corrected chi connectivity index (χ4v) is 2.87. The number of thiophene rings is 1. The molecule has 84 valence electrons. The van der Waals surface area contributed by atoms with Crippen molar-refractivity contribution < 1.29 is 9.59 Å². The number of carbonyl (C=O) groups excluding carboxylic acids is 2. The predicted octanol–water partition coefficient (Wildman–Crippen LogP) is 2.33. The maximum atomic E-state index is 11.5. The van der Waals surface area contributed by atoms with E-state index in [1.165, 1.54) is 21.8 Å². The van der Waals surface area contributed by atoms with E-state index in [1.807, 2.05) is 29.6 Å². The standard InChI is InChI=1S/C13H9NO2S/c15-12-5-6-13(16)14(12)7-9-8-17-11-4-2-1-3-10(9)11/h1-6,8H,7H2. The minimum Gasteiger partial charge on any atom is -0.271 e. The van der Waals surface area contributed by atoms with Gasteiger partial charge in [-0.1, -0.05) is 18.2 Å². The molecule has 2 heterocycles. The predicted molar refractivity (Wildman–Crippen MR) is 66.5 cm³/mol. The molecule has 0 saturated heterocycles. The Hall–Kier alpha value is -1.94. The highest BCUT2D eigenvalue weighted by Gasteiger charge is 2.24.